The van der Waals surface area contributed by atoms with E-state index in [-0.39, 0.29) is 0 Å². The summed E-state index contributed by atoms with van der Waals surface area (Å²) in [4.78, 5) is 0. The van der Waals surface area contributed by atoms with Gasteiger partial charge >= 0.3 is 53.3 Å². The van der Waals surface area contributed by atoms with Gasteiger partial charge in [-0.1, -0.05) is 0 Å². The normalized spacial score (nSPS) is 43.7. The fourth-order valence-corrected chi connectivity index (χ4v) is 3.35. The molecule has 2 saturated carbocycles. The summed E-state index contributed by atoms with van der Waals surface area (Å²) in [5.41, 5.74) is -27.2. The zero-order chi connectivity index (χ0) is 25.5. The molecule has 2 aliphatic rings. The molecule has 2 rings (SSSR count). The van der Waals surface area contributed by atoms with Crippen LogP contribution in [0.4, 0.5) is 87.8 Å². The molecule has 0 aromatic heterocycles. The molecule has 0 aliphatic heterocycles. The highest BCUT2D eigenvalue weighted by Crippen LogP contribution is 2.82. The molecular formula is C11F20. The Morgan fingerprint density at radius 1 is 0.290 bits per heavy atom. The quantitative estimate of drug-likeness (QED) is 0.342. The summed E-state index contributed by atoms with van der Waals surface area (Å²) in [7, 11) is 0. The Morgan fingerprint density at radius 3 is 0.774 bits per heavy atom. The van der Waals surface area contributed by atoms with Crippen LogP contribution < -0.4 is 0 Å². The van der Waals surface area contributed by atoms with Crippen LogP contribution >= 0.6 is 0 Å². The fourth-order valence-electron chi connectivity index (χ4n) is 3.35. The third-order valence-corrected chi connectivity index (χ3v) is 5.04. The minimum Gasteiger partial charge on any atom is -0.228 e. The van der Waals surface area contributed by atoms with Gasteiger partial charge in [0, 0.05) is 0 Å². The van der Waals surface area contributed by atoms with E-state index in [1.165, 1.54) is 0 Å². The van der Waals surface area contributed by atoms with Gasteiger partial charge in [0.05, 0.1) is 0 Å². The van der Waals surface area contributed by atoms with Gasteiger partial charge in [-0.3, -0.25) is 0 Å². The van der Waals surface area contributed by atoms with Crippen LogP contribution in [0.5, 0.6) is 0 Å². The monoisotopic (exact) mass is 512 g/mol. The maximum absolute atomic E-state index is 14.6. The van der Waals surface area contributed by atoms with E-state index in [4.69, 9.17) is 0 Å². The lowest BCUT2D eigenvalue weighted by atomic mass is 9.50. The first kappa shape index (κ1) is 25.9. The Morgan fingerprint density at radius 2 is 0.516 bits per heavy atom. The van der Waals surface area contributed by atoms with Gasteiger partial charge in [-0.25, -0.2) is 13.2 Å². The molecular weight excluding hydrogens is 512 g/mol. The molecule has 2 fully saturated rings. The molecule has 0 saturated heterocycles. The van der Waals surface area contributed by atoms with Gasteiger partial charge in [0.25, 0.3) is 11.3 Å². The van der Waals surface area contributed by atoms with Crippen LogP contribution in [-0.2, 0) is 0 Å². The Kier molecular flexibility index (Phi) is 4.35. The average molecular weight is 512 g/mol. The molecule has 184 valence electrons. The van der Waals surface area contributed by atoms with E-state index < -0.39 is 64.6 Å². The number of halogens is 20. The Hall–Kier alpha value is -1.40. The van der Waals surface area contributed by atoms with Crippen LogP contribution in [0.15, 0.2) is 0 Å². The maximum Gasteiger partial charge on any atom is 0.432 e. The van der Waals surface area contributed by atoms with E-state index in [0.29, 0.717) is 0 Å². The zero-order valence-electron chi connectivity index (χ0n) is 13.1. The lowest BCUT2D eigenvalue weighted by molar-refractivity contribution is -0.564. The zero-order valence-corrected chi connectivity index (χ0v) is 13.1. The molecule has 0 heterocycles. The first-order chi connectivity index (χ1) is 13.0. The average Bonchev–Trinajstić information content (AvgIpc) is 2.54. The molecule has 0 aromatic carbocycles. The third-order valence-electron chi connectivity index (χ3n) is 5.04. The molecule has 0 radical (unpaired) electrons. The van der Waals surface area contributed by atoms with E-state index in [9.17, 15) is 87.8 Å². The first-order valence-electron chi connectivity index (χ1n) is 6.78. The van der Waals surface area contributed by atoms with Crippen LogP contribution in [0, 0.1) is 0 Å². The molecule has 0 nitrogen and oxygen atoms in total. The van der Waals surface area contributed by atoms with Gasteiger partial charge in [-0.2, -0.15) is 74.6 Å². The van der Waals surface area contributed by atoms with Crippen molar-refractivity contribution < 1.29 is 87.8 Å². The maximum atomic E-state index is 14.6. The molecule has 0 amide bonds. The second-order valence-corrected chi connectivity index (χ2v) is 6.49. The van der Waals surface area contributed by atoms with Crippen molar-refractivity contribution in [3.63, 3.8) is 0 Å². The highest BCUT2D eigenvalue weighted by molar-refractivity contribution is 5.45. The number of rotatable bonds is 0. The van der Waals surface area contributed by atoms with Crippen molar-refractivity contribution >= 4 is 0 Å². The van der Waals surface area contributed by atoms with E-state index >= 15 is 0 Å². The van der Waals surface area contributed by atoms with Gasteiger partial charge < -0.3 is 0 Å². The Balaban J connectivity index is 3.37. The molecule has 31 heavy (non-hydrogen) atoms. The minimum absolute atomic E-state index is 8.45. The summed E-state index contributed by atoms with van der Waals surface area (Å²) in [5, 5.41) is 0. The summed E-state index contributed by atoms with van der Waals surface area (Å²) < 4.78 is 270. The van der Waals surface area contributed by atoms with Crippen LogP contribution in [0.25, 0.3) is 0 Å². The van der Waals surface area contributed by atoms with Crippen LogP contribution in [0.3, 0.4) is 0 Å². The van der Waals surface area contributed by atoms with Gasteiger partial charge in [0.15, 0.2) is 0 Å². The largest absolute Gasteiger partial charge is 0.432 e. The van der Waals surface area contributed by atoms with Crippen molar-refractivity contribution in [2.45, 2.75) is 64.6 Å². The third kappa shape index (κ3) is 1.78. The van der Waals surface area contributed by atoms with Gasteiger partial charge in [0.1, 0.15) is 0 Å². The lowest BCUT2D eigenvalue weighted by Crippen LogP contribution is -3.00. The number of alkyl halides is 20. The smallest absolute Gasteiger partial charge is 0.228 e. The second kappa shape index (κ2) is 5.22. The molecule has 0 N–H and O–H groups in total. The topological polar surface area (TPSA) is 0 Å². The number of hydrogen-bond donors (Lipinski definition) is 0. The van der Waals surface area contributed by atoms with Crippen molar-refractivity contribution in [3.8, 4) is 0 Å². The summed E-state index contributed by atoms with van der Waals surface area (Å²) in [5.74, 6) is -60.7. The van der Waals surface area contributed by atoms with Crippen LogP contribution in [0.1, 0.15) is 0 Å². The molecule has 2 aliphatic carbocycles. The van der Waals surface area contributed by atoms with Gasteiger partial charge in [0.2, 0.25) is 0 Å². The van der Waals surface area contributed by atoms with Crippen molar-refractivity contribution in [3.05, 3.63) is 0 Å². The van der Waals surface area contributed by atoms with E-state index in [1.807, 2.05) is 0 Å². The fraction of sp³-hybridized carbons (Fsp3) is 1.00. The molecule has 0 bridgehead atoms. The second-order valence-electron chi connectivity index (χ2n) is 6.49. The lowest BCUT2D eigenvalue weighted by Gasteiger charge is -2.65. The summed E-state index contributed by atoms with van der Waals surface area (Å²) >= 11 is 0. The molecule has 0 aromatic rings. The molecule has 1 unspecified atom stereocenters. The number of fused-ring (bicyclic) bond motifs is 1. The predicted octanol–water partition coefficient (Wildman–Crippen LogP) is 6.15. The van der Waals surface area contributed by atoms with Crippen LogP contribution in [-0.4, -0.2) is 64.6 Å². The van der Waals surface area contributed by atoms with E-state index in [1.54, 1.807) is 0 Å². The van der Waals surface area contributed by atoms with E-state index in [0.717, 1.165) is 0 Å². The molecule has 0 spiro atoms. The van der Waals surface area contributed by atoms with Crippen molar-refractivity contribution in [1.29, 1.82) is 0 Å². The Labute approximate surface area is 154 Å². The molecule has 20 heteroatoms. The van der Waals surface area contributed by atoms with Crippen LogP contribution in [0.2, 0.25) is 0 Å². The summed E-state index contributed by atoms with van der Waals surface area (Å²) in [6, 6.07) is 0. The van der Waals surface area contributed by atoms with Gasteiger partial charge in [-0.15, -0.1) is 0 Å². The molecule has 3 atom stereocenters. The van der Waals surface area contributed by atoms with E-state index in [2.05, 4.69) is 0 Å². The van der Waals surface area contributed by atoms with Gasteiger partial charge in [-0.05, 0) is 0 Å². The summed E-state index contributed by atoms with van der Waals surface area (Å²) in [6.45, 7) is 0. The number of hydrogen-bond acceptors (Lipinski definition) is 0. The summed E-state index contributed by atoms with van der Waals surface area (Å²) in [6.07, 6.45) is -8.58. The highest BCUT2D eigenvalue weighted by Gasteiger charge is 3.16. The van der Waals surface area contributed by atoms with Crippen molar-refractivity contribution in [2.75, 3.05) is 0 Å². The highest BCUT2D eigenvalue weighted by atomic mass is 19.4. The first-order valence-corrected chi connectivity index (χ1v) is 6.78. The SMILES string of the molecule is FC(F)(F)C1(F)C(F)(F)C(F)(F)C(F)(F)[C@@]2(F)C(F)(F)C(F)(F)C(F)(F)C(F)(F)[C@]12F. The van der Waals surface area contributed by atoms with Crippen molar-refractivity contribution in [2.24, 2.45) is 0 Å². The predicted molar refractivity (Wildman–Crippen MR) is 52.2 cm³/mol. The minimum atomic E-state index is -9.16. The Bertz CT molecular complexity index is 779. The van der Waals surface area contributed by atoms with Crippen molar-refractivity contribution in [1.82, 2.24) is 0 Å². The standard InChI is InChI=1S/C11F20/c12-1-2(13,6(19,20)10(27,28)9(25,26)4(1,15)16)5(17,18)8(23,24)7(21,22)3(1,14)11(29,30)31/t1-,2-,3?/m1/s1.